The summed E-state index contributed by atoms with van der Waals surface area (Å²) < 4.78 is 24.4. The Kier molecular flexibility index (Phi) is 2.62. The van der Waals surface area contributed by atoms with Crippen molar-refractivity contribution in [1.29, 1.82) is 0 Å². The summed E-state index contributed by atoms with van der Waals surface area (Å²) in [7, 11) is -4.40. The number of aliphatic hydroxyl groups is 4. The van der Waals surface area contributed by atoms with E-state index < -0.39 is 44.1 Å². The SMILES string of the molecule is N[C@]12OP(=O)(OC1=O)O[C@]2(O)[C@@H](O)[C@H](O)CO. The zero-order valence-corrected chi connectivity index (χ0v) is 9.11. The molecule has 11 heteroatoms. The van der Waals surface area contributed by atoms with Crippen molar-refractivity contribution in [3.05, 3.63) is 0 Å². The number of phosphoric ester groups is 1. The normalized spacial score (nSPS) is 47.9. The van der Waals surface area contributed by atoms with Gasteiger partial charge in [-0.15, -0.1) is 0 Å². The van der Waals surface area contributed by atoms with Crippen LogP contribution in [-0.2, 0) is 22.9 Å². The molecule has 0 radical (unpaired) electrons. The van der Waals surface area contributed by atoms with Crippen molar-refractivity contribution in [3.63, 3.8) is 0 Å². The molecule has 2 fully saturated rings. The fraction of sp³-hybridized carbons (Fsp3) is 0.833. The average Bonchev–Trinajstić information content (AvgIpc) is 2.58. The van der Waals surface area contributed by atoms with Gasteiger partial charge in [-0.3, -0.25) is 5.73 Å². The Bertz CT molecular complexity index is 414. The number of carbonyl (C=O) groups is 1. The average molecular weight is 271 g/mol. The maximum Gasteiger partial charge on any atom is 0.537 e. The summed E-state index contributed by atoms with van der Waals surface area (Å²) in [6, 6.07) is 0. The van der Waals surface area contributed by atoms with Gasteiger partial charge in [-0.25, -0.2) is 18.4 Å². The highest BCUT2D eigenvalue weighted by Gasteiger charge is 2.79. The molecule has 2 heterocycles. The third-order valence-corrected chi connectivity index (χ3v) is 3.89. The van der Waals surface area contributed by atoms with Crippen LogP contribution in [0.25, 0.3) is 0 Å². The quantitative estimate of drug-likeness (QED) is 0.328. The molecule has 0 saturated carbocycles. The molecule has 2 aliphatic rings. The smallest absolute Gasteiger partial charge is 0.394 e. The molecule has 0 amide bonds. The van der Waals surface area contributed by atoms with Gasteiger partial charge in [0.1, 0.15) is 12.2 Å². The van der Waals surface area contributed by atoms with Gasteiger partial charge in [0.2, 0.25) is 0 Å². The third kappa shape index (κ3) is 1.47. The van der Waals surface area contributed by atoms with E-state index in [2.05, 4.69) is 13.6 Å². The third-order valence-electron chi connectivity index (χ3n) is 2.49. The lowest BCUT2D eigenvalue weighted by Gasteiger charge is -2.37. The van der Waals surface area contributed by atoms with Crippen LogP contribution in [0.4, 0.5) is 0 Å². The second-order valence-corrected chi connectivity index (χ2v) is 5.08. The molecule has 0 aromatic heterocycles. The van der Waals surface area contributed by atoms with Crippen molar-refractivity contribution < 1.29 is 43.4 Å². The van der Waals surface area contributed by atoms with Gasteiger partial charge in [-0.2, -0.15) is 0 Å². The van der Waals surface area contributed by atoms with Gasteiger partial charge in [-0.1, -0.05) is 0 Å². The predicted octanol–water partition coefficient (Wildman–Crippen LogP) is -3.24. The van der Waals surface area contributed by atoms with Crippen molar-refractivity contribution in [3.8, 4) is 0 Å². The summed E-state index contributed by atoms with van der Waals surface area (Å²) >= 11 is 0. The zero-order valence-electron chi connectivity index (χ0n) is 8.22. The lowest BCUT2D eigenvalue weighted by Crippen LogP contribution is -2.71. The highest BCUT2D eigenvalue weighted by atomic mass is 31.2. The van der Waals surface area contributed by atoms with Crippen LogP contribution in [0.15, 0.2) is 0 Å². The van der Waals surface area contributed by atoms with Crippen LogP contribution in [0, 0.1) is 0 Å². The number of fused-ring (bicyclic) bond motifs is 2. The van der Waals surface area contributed by atoms with E-state index in [1.165, 1.54) is 0 Å². The van der Waals surface area contributed by atoms with Crippen LogP contribution in [0.2, 0.25) is 0 Å². The van der Waals surface area contributed by atoms with E-state index in [1.807, 2.05) is 0 Å². The van der Waals surface area contributed by atoms with Crippen LogP contribution < -0.4 is 5.73 Å². The Balaban J connectivity index is 2.40. The Hall–Kier alpha value is -0.580. The van der Waals surface area contributed by atoms with E-state index in [0.717, 1.165) is 0 Å². The van der Waals surface area contributed by atoms with Gasteiger partial charge < -0.3 is 24.9 Å². The first kappa shape index (κ1) is 12.9. The standard InChI is InChI=1S/C6H10NO9P/c7-5-4(11)14-17(13,15-5)16-6(5,12)3(10)2(9)1-8/h2-3,8-10,12H,1,7H2/t2-,3+,5+,6-,17?/m1/s1. The highest BCUT2D eigenvalue weighted by molar-refractivity contribution is 7.50. The molecule has 10 nitrogen and oxygen atoms in total. The molecule has 2 aliphatic heterocycles. The minimum Gasteiger partial charge on any atom is -0.394 e. The summed E-state index contributed by atoms with van der Waals surface area (Å²) in [4.78, 5) is 11.3. The van der Waals surface area contributed by atoms with E-state index >= 15 is 0 Å². The fourth-order valence-corrected chi connectivity index (χ4v) is 3.12. The van der Waals surface area contributed by atoms with Gasteiger partial charge in [0, 0.05) is 0 Å². The molecule has 2 saturated heterocycles. The van der Waals surface area contributed by atoms with Gasteiger partial charge in [0.25, 0.3) is 11.5 Å². The Morgan fingerprint density at radius 1 is 1.41 bits per heavy atom. The van der Waals surface area contributed by atoms with Crippen LogP contribution in [0.5, 0.6) is 0 Å². The highest BCUT2D eigenvalue weighted by Crippen LogP contribution is 2.69. The first-order valence-corrected chi connectivity index (χ1v) is 5.88. The van der Waals surface area contributed by atoms with Crippen molar-refractivity contribution >= 4 is 13.8 Å². The molecule has 0 aromatic carbocycles. The first-order chi connectivity index (χ1) is 7.68. The van der Waals surface area contributed by atoms with Crippen LogP contribution in [0.1, 0.15) is 0 Å². The number of carbonyl (C=O) groups excluding carboxylic acids is 1. The van der Waals surface area contributed by atoms with E-state index in [4.69, 9.17) is 10.8 Å². The van der Waals surface area contributed by atoms with Gasteiger partial charge in [0.15, 0.2) is 0 Å². The van der Waals surface area contributed by atoms with Gasteiger partial charge in [-0.05, 0) is 0 Å². The van der Waals surface area contributed by atoms with Crippen molar-refractivity contribution in [1.82, 2.24) is 0 Å². The Morgan fingerprint density at radius 3 is 2.41 bits per heavy atom. The zero-order chi connectivity index (χ0) is 13.1. The minimum absolute atomic E-state index is 0.956. The molecule has 0 aliphatic carbocycles. The molecule has 2 rings (SSSR count). The fourth-order valence-electron chi connectivity index (χ4n) is 1.52. The predicted molar refractivity (Wildman–Crippen MR) is 46.8 cm³/mol. The molecule has 98 valence electrons. The van der Waals surface area contributed by atoms with Crippen molar-refractivity contribution in [2.75, 3.05) is 6.61 Å². The second kappa shape index (κ2) is 3.46. The monoisotopic (exact) mass is 271 g/mol. The van der Waals surface area contributed by atoms with Crippen LogP contribution >= 0.6 is 7.82 Å². The molecular formula is C6H10NO9P. The molecule has 5 atom stereocenters. The summed E-state index contributed by atoms with van der Waals surface area (Å²) in [5.41, 5.74) is 2.58. The van der Waals surface area contributed by atoms with Crippen LogP contribution in [-0.4, -0.2) is 56.7 Å². The Morgan fingerprint density at radius 2 is 2.00 bits per heavy atom. The number of hydrogen-bond donors (Lipinski definition) is 5. The topological polar surface area (TPSA) is 169 Å². The molecule has 0 aromatic rings. The van der Waals surface area contributed by atoms with E-state index in [-0.39, 0.29) is 0 Å². The molecule has 6 N–H and O–H groups in total. The molecule has 17 heavy (non-hydrogen) atoms. The van der Waals surface area contributed by atoms with Crippen molar-refractivity contribution in [2.45, 2.75) is 23.7 Å². The number of hydrogen-bond acceptors (Lipinski definition) is 10. The number of aliphatic hydroxyl groups excluding tert-OH is 3. The lowest BCUT2D eigenvalue weighted by atomic mass is 9.94. The molecule has 0 spiro atoms. The maximum absolute atomic E-state index is 11.5. The second-order valence-electron chi connectivity index (χ2n) is 3.64. The lowest BCUT2D eigenvalue weighted by molar-refractivity contribution is -0.278. The number of nitrogens with two attached hydrogens (primary N) is 1. The summed E-state index contributed by atoms with van der Waals surface area (Å²) in [5, 5.41) is 37.2. The molecule has 1 unspecified atom stereocenters. The minimum atomic E-state index is -4.40. The maximum atomic E-state index is 11.5. The van der Waals surface area contributed by atoms with Crippen molar-refractivity contribution in [2.24, 2.45) is 5.73 Å². The number of rotatable bonds is 3. The first-order valence-electron chi connectivity index (χ1n) is 4.42. The largest absolute Gasteiger partial charge is 0.537 e. The van der Waals surface area contributed by atoms with E-state index in [9.17, 15) is 24.7 Å². The van der Waals surface area contributed by atoms with Gasteiger partial charge in [0.05, 0.1) is 6.61 Å². The number of phosphoric acid groups is 1. The Labute approximate surface area is 94.1 Å². The summed E-state index contributed by atoms with van der Waals surface area (Å²) in [5.74, 6) is -4.38. The van der Waals surface area contributed by atoms with Gasteiger partial charge >= 0.3 is 13.8 Å². The molecule has 2 bridgehead atoms. The van der Waals surface area contributed by atoms with E-state index in [0.29, 0.717) is 0 Å². The summed E-state index contributed by atoms with van der Waals surface area (Å²) in [6.45, 7) is -0.956. The van der Waals surface area contributed by atoms with Crippen LogP contribution in [0.3, 0.4) is 0 Å². The molecular weight excluding hydrogens is 261 g/mol. The van der Waals surface area contributed by atoms with E-state index in [1.54, 1.807) is 0 Å². The summed E-state index contributed by atoms with van der Waals surface area (Å²) in [6.07, 6.45) is -4.11.